The molecular formula is C12H19ClN2O3. The Morgan fingerprint density at radius 2 is 1.89 bits per heavy atom. The number of carbonyl (C=O) groups excluding carboxylic acids is 1. The number of carbonyl (C=O) groups is 1. The van der Waals surface area contributed by atoms with Crippen molar-refractivity contribution in [1.29, 1.82) is 0 Å². The van der Waals surface area contributed by atoms with Crippen LogP contribution in [0.1, 0.15) is 0 Å². The number of methoxy groups -OCH3 is 1. The van der Waals surface area contributed by atoms with E-state index in [2.05, 4.69) is 5.32 Å². The minimum absolute atomic E-state index is 0. The van der Waals surface area contributed by atoms with Gasteiger partial charge in [-0.15, -0.1) is 12.4 Å². The molecule has 1 N–H and O–H groups in total. The first kappa shape index (κ1) is 16.5. The molecule has 0 aliphatic carbocycles. The van der Waals surface area contributed by atoms with Gasteiger partial charge in [-0.25, -0.2) is 4.79 Å². The average Bonchev–Trinajstić information content (AvgIpc) is 2.29. The number of nitrogens with one attached hydrogen (secondary N) is 1. The van der Waals surface area contributed by atoms with E-state index in [1.165, 1.54) is 0 Å². The summed E-state index contributed by atoms with van der Waals surface area (Å²) in [6.45, 7) is 1.07. The molecule has 5 nitrogen and oxygen atoms in total. The molecule has 0 bridgehead atoms. The third-order valence-electron chi connectivity index (χ3n) is 2.11. The number of rotatable bonds is 5. The molecule has 0 saturated heterocycles. The van der Waals surface area contributed by atoms with Gasteiger partial charge in [-0.3, -0.25) is 5.32 Å². The highest BCUT2D eigenvalue weighted by Crippen LogP contribution is 2.14. The lowest BCUT2D eigenvalue weighted by atomic mass is 10.3. The third kappa shape index (κ3) is 6.32. The smallest absolute Gasteiger partial charge is 0.411 e. The molecule has 0 unspecified atom stereocenters. The van der Waals surface area contributed by atoms with Crippen molar-refractivity contribution in [2.24, 2.45) is 0 Å². The SMILES string of the molecule is COc1ccc(NC(=O)OCCN(C)C)cc1.Cl. The lowest BCUT2D eigenvalue weighted by Crippen LogP contribution is -2.22. The highest BCUT2D eigenvalue weighted by molar-refractivity contribution is 5.85. The van der Waals surface area contributed by atoms with E-state index in [0.29, 0.717) is 18.8 Å². The van der Waals surface area contributed by atoms with Crippen molar-refractivity contribution in [3.05, 3.63) is 24.3 Å². The Bertz CT molecular complexity index is 355. The summed E-state index contributed by atoms with van der Waals surface area (Å²) < 4.78 is 10.0. The van der Waals surface area contributed by atoms with Crippen molar-refractivity contribution >= 4 is 24.2 Å². The monoisotopic (exact) mass is 274 g/mol. The van der Waals surface area contributed by atoms with Crippen LogP contribution in [0, 0.1) is 0 Å². The molecule has 0 radical (unpaired) electrons. The number of hydrogen-bond acceptors (Lipinski definition) is 4. The highest BCUT2D eigenvalue weighted by atomic mass is 35.5. The summed E-state index contributed by atoms with van der Waals surface area (Å²) in [5.74, 6) is 0.747. The van der Waals surface area contributed by atoms with E-state index in [0.717, 1.165) is 5.75 Å². The third-order valence-corrected chi connectivity index (χ3v) is 2.11. The molecule has 1 aromatic rings. The van der Waals surface area contributed by atoms with Crippen LogP contribution in [0.25, 0.3) is 0 Å². The normalized spacial score (nSPS) is 9.56. The number of likely N-dealkylation sites (N-methyl/N-ethyl adjacent to an activating group) is 1. The van der Waals surface area contributed by atoms with Crippen LogP contribution < -0.4 is 10.1 Å². The Morgan fingerprint density at radius 1 is 1.28 bits per heavy atom. The second-order valence-corrected chi connectivity index (χ2v) is 3.79. The number of halogens is 1. The molecule has 0 fully saturated rings. The molecular weight excluding hydrogens is 256 g/mol. The number of amides is 1. The van der Waals surface area contributed by atoms with Crippen molar-refractivity contribution in [3.63, 3.8) is 0 Å². The van der Waals surface area contributed by atoms with E-state index < -0.39 is 6.09 Å². The highest BCUT2D eigenvalue weighted by Gasteiger charge is 2.03. The van der Waals surface area contributed by atoms with Gasteiger partial charge < -0.3 is 14.4 Å². The van der Waals surface area contributed by atoms with Gasteiger partial charge in [0.15, 0.2) is 0 Å². The Labute approximate surface area is 113 Å². The van der Waals surface area contributed by atoms with E-state index in [4.69, 9.17) is 9.47 Å². The molecule has 1 amide bonds. The first-order valence-corrected chi connectivity index (χ1v) is 5.34. The number of anilines is 1. The van der Waals surface area contributed by atoms with E-state index in [-0.39, 0.29) is 12.4 Å². The Balaban J connectivity index is 0.00000289. The van der Waals surface area contributed by atoms with E-state index in [9.17, 15) is 4.79 Å². The largest absolute Gasteiger partial charge is 0.497 e. The number of hydrogen-bond donors (Lipinski definition) is 1. The quantitative estimate of drug-likeness (QED) is 0.895. The zero-order valence-electron chi connectivity index (χ0n) is 10.8. The molecule has 0 spiro atoms. The predicted octanol–water partition coefficient (Wildman–Crippen LogP) is 2.23. The fourth-order valence-corrected chi connectivity index (χ4v) is 1.15. The minimum Gasteiger partial charge on any atom is -0.497 e. The topological polar surface area (TPSA) is 50.8 Å². The summed E-state index contributed by atoms with van der Waals surface area (Å²) in [5.41, 5.74) is 0.681. The number of nitrogens with zero attached hydrogens (tertiary/aromatic N) is 1. The fraction of sp³-hybridized carbons (Fsp3) is 0.417. The molecule has 0 atom stereocenters. The molecule has 1 aromatic carbocycles. The summed E-state index contributed by atoms with van der Waals surface area (Å²) in [4.78, 5) is 13.3. The van der Waals surface area contributed by atoms with Gasteiger partial charge >= 0.3 is 6.09 Å². The Hall–Kier alpha value is -1.46. The van der Waals surface area contributed by atoms with Crippen molar-refractivity contribution in [3.8, 4) is 5.75 Å². The lowest BCUT2D eigenvalue weighted by Gasteiger charge is -2.10. The van der Waals surface area contributed by atoms with E-state index >= 15 is 0 Å². The van der Waals surface area contributed by atoms with Gasteiger partial charge in [-0.2, -0.15) is 0 Å². The van der Waals surface area contributed by atoms with Crippen molar-refractivity contribution in [1.82, 2.24) is 4.90 Å². The zero-order chi connectivity index (χ0) is 12.7. The van der Waals surface area contributed by atoms with Gasteiger partial charge in [0, 0.05) is 12.2 Å². The molecule has 0 aliphatic heterocycles. The maximum Gasteiger partial charge on any atom is 0.411 e. The molecule has 0 heterocycles. The molecule has 102 valence electrons. The van der Waals surface area contributed by atoms with Crippen LogP contribution in [0.15, 0.2) is 24.3 Å². The van der Waals surface area contributed by atoms with Gasteiger partial charge in [0.2, 0.25) is 0 Å². The summed E-state index contributed by atoms with van der Waals surface area (Å²) in [7, 11) is 5.44. The van der Waals surface area contributed by atoms with Crippen LogP contribution in [0.5, 0.6) is 5.75 Å². The minimum atomic E-state index is -0.447. The standard InChI is InChI=1S/C12H18N2O3.ClH/c1-14(2)8-9-17-12(15)13-10-4-6-11(16-3)7-5-10;/h4-7H,8-9H2,1-3H3,(H,13,15);1H. The molecule has 18 heavy (non-hydrogen) atoms. The summed E-state index contributed by atoms with van der Waals surface area (Å²) in [6, 6.07) is 7.06. The fourth-order valence-electron chi connectivity index (χ4n) is 1.15. The van der Waals surface area contributed by atoms with E-state index in [1.54, 1.807) is 31.4 Å². The summed E-state index contributed by atoms with van der Waals surface area (Å²) >= 11 is 0. The van der Waals surface area contributed by atoms with Gasteiger partial charge in [0.05, 0.1) is 7.11 Å². The maximum absolute atomic E-state index is 11.4. The van der Waals surface area contributed by atoms with Crippen LogP contribution in [0.3, 0.4) is 0 Å². The number of benzene rings is 1. The van der Waals surface area contributed by atoms with E-state index in [1.807, 2.05) is 19.0 Å². The molecule has 0 aromatic heterocycles. The van der Waals surface area contributed by atoms with Crippen molar-refractivity contribution in [2.45, 2.75) is 0 Å². The van der Waals surface area contributed by atoms with Gasteiger partial charge in [0.25, 0.3) is 0 Å². The van der Waals surface area contributed by atoms with Crippen LogP contribution >= 0.6 is 12.4 Å². The predicted molar refractivity (Wildman–Crippen MR) is 73.8 cm³/mol. The molecule has 6 heteroatoms. The van der Waals surface area contributed by atoms with Crippen molar-refractivity contribution < 1.29 is 14.3 Å². The lowest BCUT2D eigenvalue weighted by molar-refractivity contribution is 0.151. The Kier molecular flexibility index (Phi) is 7.91. The molecule has 0 saturated carbocycles. The maximum atomic E-state index is 11.4. The second kappa shape index (κ2) is 8.60. The van der Waals surface area contributed by atoms with Gasteiger partial charge in [0.1, 0.15) is 12.4 Å². The first-order valence-electron chi connectivity index (χ1n) is 5.34. The first-order chi connectivity index (χ1) is 8.11. The van der Waals surface area contributed by atoms with Gasteiger partial charge in [-0.1, -0.05) is 0 Å². The number of ether oxygens (including phenoxy) is 2. The van der Waals surface area contributed by atoms with Crippen molar-refractivity contribution in [2.75, 3.05) is 39.7 Å². The van der Waals surface area contributed by atoms with Crippen LogP contribution in [-0.2, 0) is 4.74 Å². The second-order valence-electron chi connectivity index (χ2n) is 3.79. The van der Waals surface area contributed by atoms with Crippen LogP contribution in [0.2, 0.25) is 0 Å². The summed E-state index contributed by atoms with van der Waals surface area (Å²) in [6.07, 6.45) is -0.447. The zero-order valence-corrected chi connectivity index (χ0v) is 11.6. The summed E-state index contributed by atoms with van der Waals surface area (Å²) in [5, 5.41) is 2.63. The van der Waals surface area contributed by atoms with Crippen LogP contribution in [0.4, 0.5) is 10.5 Å². The van der Waals surface area contributed by atoms with Gasteiger partial charge in [-0.05, 0) is 38.4 Å². The Morgan fingerprint density at radius 3 is 2.39 bits per heavy atom. The van der Waals surface area contributed by atoms with Crippen LogP contribution in [-0.4, -0.2) is 45.3 Å². The average molecular weight is 275 g/mol. The molecule has 1 rings (SSSR count). The molecule has 0 aliphatic rings.